The van der Waals surface area contributed by atoms with Crippen molar-refractivity contribution in [2.45, 2.75) is 31.9 Å². The summed E-state index contributed by atoms with van der Waals surface area (Å²) in [5, 5.41) is 0. The highest BCUT2D eigenvalue weighted by molar-refractivity contribution is 5.41. The van der Waals surface area contributed by atoms with Gasteiger partial charge in [-0.1, -0.05) is 6.07 Å². The molecular formula is C21H29N5O2. The number of pyridine rings is 1. The van der Waals surface area contributed by atoms with Gasteiger partial charge in [0.05, 0.1) is 18.0 Å². The molecule has 0 unspecified atom stereocenters. The standard InChI is InChI=1S/C21H29N5O2/c1-27-16-20-23-19(17-6-12-28-15-17)13-21(24-20)26-9-4-8-25(10-11-26)14-18-5-2-3-7-22-18/h2-3,5,7,13,17H,4,6,8-12,14-16H2,1H3/t17-/m0/s1. The van der Waals surface area contributed by atoms with Crippen molar-refractivity contribution >= 4 is 5.82 Å². The minimum absolute atomic E-state index is 0.366. The topological polar surface area (TPSA) is 63.6 Å². The molecule has 2 aromatic rings. The fraction of sp³-hybridized carbons (Fsp3) is 0.571. The van der Waals surface area contributed by atoms with Crippen LogP contribution >= 0.6 is 0 Å². The Kier molecular flexibility index (Phi) is 6.46. The summed E-state index contributed by atoms with van der Waals surface area (Å²) in [6.45, 7) is 6.94. The van der Waals surface area contributed by atoms with Gasteiger partial charge in [0.1, 0.15) is 12.4 Å². The Bertz CT molecular complexity index is 752. The maximum absolute atomic E-state index is 5.57. The quantitative estimate of drug-likeness (QED) is 0.758. The van der Waals surface area contributed by atoms with Crippen molar-refractivity contribution in [2.75, 3.05) is 51.4 Å². The lowest BCUT2D eigenvalue weighted by molar-refractivity contribution is 0.177. The van der Waals surface area contributed by atoms with Crippen LogP contribution in [0.5, 0.6) is 0 Å². The third kappa shape index (κ3) is 4.84. The second-order valence-corrected chi connectivity index (χ2v) is 7.50. The average Bonchev–Trinajstić information content (AvgIpc) is 3.16. The summed E-state index contributed by atoms with van der Waals surface area (Å²) < 4.78 is 10.9. The molecule has 2 saturated heterocycles. The highest BCUT2D eigenvalue weighted by Gasteiger charge is 2.23. The monoisotopic (exact) mass is 383 g/mol. The molecule has 0 N–H and O–H groups in total. The van der Waals surface area contributed by atoms with E-state index in [1.54, 1.807) is 7.11 Å². The fourth-order valence-corrected chi connectivity index (χ4v) is 3.91. The molecule has 2 aliphatic rings. The third-order valence-electron chi connectivity index (χ3n) is 5.42. The number of rotatable bonds is 6. The van der Waals surface area contributed by atoms with Crippen LogP contribution in [-0.4, -0.2) is 66.4 Å². The summed E-state index contributed by atoms with van der Waals surface area (Å²) in [7, 11) is 1.69. The van der Waals surface area contributed by atoms with Gasteiger partial charge in [0.2, 0.25) is 0 Å². The normalized spacial score (nSPS) is 21.0. The van der Waals surface area contributed by atoms with Crippen LogP contribution in [0.25, 0.3) is 0 Å². The zero-order valence-corrected chi connectivity index (χ0v) is 16.6. The molecule has 7 heteroatoms. The van der Waals surface area contributed by atoms with E-state index in [9.17, 15) is 0 Å². The predicted octanol–water partition coefficient (Wildman–Crippen LogP) is 2.23. The molecule has 150 valence electrons. The van der Waals surface area contributed by atoms with E-state index in [1.807, 2.05) is 12.3 Å². The van der Waals surface area contributed by atoms with Crippen LogP contribution in [0.1, 0.15) is 36.0 Å². The van der Waals surface area contributed by atoms with E-state index < -0.39 is 0 Å². The molecule has 0 amide bonds. The maximum atomic E-state index is 5.57. The fourth-order valence-electron chi connectivity index (χ4n) is 3.91. The van der Waals surface area contributed by atoms with Crippen LogP contribution in [0, 0.1) is 0 Å². The number of hydrogen-bond acceptors (Lipinski definition) is 7. The van der Waals surface area contributed by atoms with Crippen molar-refractivity contribution in [1.29, 1.82) is 0 Å². The predicted molar refractivity (Wildman–Crippen MR) is 107 cm³/mol. The highest BCUT2D eigenvalue weighted by atomic mass is 16.5. The molecule has 0 aromatic carbocycles. The molecule has 2 aliphatic heterocycles. The van der Waals surface area contributed by atoms with Crippen molar-refractivity contribution in [3.05, 3.63) is 47.7 Å². The SMILES string of the molecule is COCc1nc([C@H]2CCOC2)cc(N2CCCN(Cc3ccccn3)CC2)n1. The molecule has 0 saturated carbocycles. The second-order valence-electron chi connectivity index (χ2n) is 7.50. The van der Waals surface area contributed by atoms with Crippen molar-refractivity contribution in [2.24, 2.45) is 0 Å². The first-order valence-corrected chi connectivity index (χ1v) is 10.1. The number of methoxy groups -OCH3 is 1. The Balaban J connectivity index is 1.47. The largest absolute Gasteiger partial charge is 0.381 e. The first kappa shape index (κ1) is 19.2. The van der Waals surface area contributed by atoms with E-state index in [4.69, 9.17) is 19.4 Å². The Hall–Kier alpha value is -2.09. The second kappa shape index (κ2) is 9.41. The molecule has 7 nitrogen and oxygen atoms in total. The lowest BCUT2D eigenvalue weighted by atomic mass is 10.0. The zero-order chi connectivity index (χ0) is 19.2. The van der Waals surface area contributed by atoms with Gasteiger partial charge >= 0.3 is 0 Å². The van der Waals surface area contributed by atoms with Crippen LogP contribution in [-0.2, 0) is 22.6 Å². The Morgan fingerprint density at radius 3 is 2.93 bits per heavy atom. The van der Waals surface area contributed by atoms with Gasteiger partial charge < -0.3 is 14.4 Å². The van der Waals surface area contributed by atoms with Gasteiger partial charge in [0, 0.05) is 64.6 Å². The van der Waals surface area contributed by atoms with Crippen molar-refractivity contribution in [3.8, 4) is 0 Å². The van der Waals surface area contributed by atoms with Crippen LogP contribution in [0.15, 0.2) is 30.5 Å². The van der Waals surface area contributed by atoms with E-state index in [0.29, 0.717) is 12.5 Å². The molecule has 0 spiro atoms. The maximum Gasteiger partial charge on any atom is 0.156 e. The summed E-state index contributed by atoms with van der Waals surface area (Å²) in [4.78, 5) is 18.9. The van der Waals surface area contributed by atoms with Gasteiger partial charge in [0.25, 0.3) is 0 Å². The molecule has 2 aromatic heterocycles. The van der Waals surface area contributed by atoms with E-state index in [0.717, 1.165) is 81.8 Å². The number of nitrogens with zero attached hydrogens (tertiary/aromatic N) is 5. The Morgan fingerprint density at radius 2 is 2.14 bits per heavy atom. The van der Waals surface area contributed by atoms with E-state index >= 15 is 0 Å². The van der Waals surface area contributed by atoms with Gasteiger partial charge in [-0.2, -0.15) is 0 Å². The minimum atomic E-state index is 0.366. The van der Waals surface area contributed by atoms with Gasteiger partial charge in [-0.15, -0.1) is 0 Å². The van der Waals surface area contributed by atoms with Gasteiger partial charge in [-0.05, 0) is 25.0 Å². The van der Waals surface area contributed by atoms with Gasteiger partial charge in [-0.3, -0.25) is 9.88 Å². The number of ether oxygens (including phenoxy) is 2. The molecule has 0 radical (unpaired) electrons. The molecule has 4 heterocycles. The molecule has 0 bridgehead atoms. The smallest absolute Gasteiger partial charge is 0.156 e. The molecule has 28 heavy (non-hydrogen) atoms. The molecule has 0 aliphatic carbocycles. The lowest BCUT2D eigenvalue weighted by Crippen LogP contribution is -2.31. The minimum Gasteiger partial charge on any atom is -0.381 e. The van der Waals surface area contributed by atoms with Gasteiger partial charge in [0.15, 0.2) is 5.82 Å². The molecule has 1 atom stereocenters. The van der Waals surface area contributed by atoms with Crippen molar-refractivity contribution in [1.82, 2.24) is 19.9 Å². The summed E-state index contributed by atoms with van der Waals surface area (Å²) in [6.07, 6.45) is 4.00. The van der Waals surface area contributed by atoms with Gasteiger partial charge in [-0.25, -0.2) is 9.97 Å². The van der Waals surface area contributed by atoms with Crippen molar-refractivity contribution < 1.29 is 9.47 Å². The Labute approximate surface area is 166 Å². The molecular weight excluding hydrogens is 354 g/mol. The Morgan fingerprint density at radius 1 is 1.18 bits per heavy atom. The third-order valence-corrected chi connectivity index (χ3v) is 5.42. The number of hydrogen-bond donors (Lipinski definition) is 0. The van der Waals surface area contributed by atoms with Crippen molar-refractivity contribution in [3.63, 3.8) is 0 Å². The summed E-state index contributed by atoms with van der Waals surface area (Å²) in [5.74, 6) is 2.14. The average molecular weight is 383 g/mol. The van der Waals surface area contributed by atoms with Crippen LogP contribution in [0.2, 0.25) is 0 Å². The first-order valence-electron chi connectivity index (χ1n) is 10.1. The summed E-state index contributed by atoms with van der Waals surface area (Å²) in [6, 6.07) is 8.28. The first-order chi connectivity index (χ1) is 13.8. The lowest BCUT2D eigenvalue weighted by Gasteiger charge is -2.24. The van der Waals surface area contributed by atoms with E-state index in [1.165, 1.54) is 0 Å². The highest BCUT2D eigenvalue weighted by Crippen LogP contribution is 2.27. The van der Waals surface area contributed by atoms with E-state index in [2.05, 4.69) is 33.0 Å². The summed E-state index contributed by atoms with van der Waals surface area (Å²) in [5.41, 5.74) is 2.22. The molecule has 4 rings (SSSR count). The summed E-state index contributed by atoms with van der Waals surface area (Å²) >= 11 is 0. The zero-order valence-electron chi connectivity index (χ0n) is 16.6. The number of aromatic nitrogens is 3. The van der Waals surface area contributed by atoms with Crippen LogP contribution < -0.4 is 4.90 Å². The van der Waals surface area contributed by atoms with Crippen LogP contribution in [0.3, 0.4) is 0 Å². The number of anilines is 1. The van der Waals surface area contributed by atoms with E-state index in [-0.39, 0.29) is 0 Å². The molecule has 2 fully saturated rings. The van der Waals surface area contributed by atoms with Crippen LogP contribution in [0.4, 0.5) is 5.82 Å².